The summed E-state index contributed by atoms with van der Waals surface area (Å²) in [7, 11) is -2.91. The van der Waals surface area contributed by atoms with Crippen LogP contribution in [0.15, 0.2) is 6.07 Å². The fraction of sp³-hybridized carbons (Fsp3) is 0.733. The predicted molar refractivity (Wildman–Crippen MR) is 90.2 cm³/mol. The number of aromatic nitrogens is 2. The van der Waals surface area contributed by atoms with Gasteiger partial charge in [-0.2, -0.15) is 4.98 Å². The average Bonchev–Trinajstić information content (AvgIpc) is 2.79. The lowest BCUT2D eigenvalue weighted by Crippen LogP contribution is -2.37. The monoisotopic (exact) mass is 326 g/mol. The quantitative estimate of drug-likeness (QED) is 0.773. The fourth-order valence-electron chi connectivity index (χ4n) is 2.75. The van der Waals surface area contributed by atoms with Gasteiger partial charge in [0.1, 0.15) is 5.82 Å². The van der Waals surface area contributed by atoms with Crippen LogP contribution >= 0.6 is 0 Å². The van der Waals surface area contributed by atoms with Crippen molar-refractivity contribution in [3.8, 4) is 0 Å². The molecule has 1 atom stereocenters. The summed E-state index contributed by atoms with van der Waals surface area (Å²) in [5.41, 5.74) is 0.892. The molecule has 0 aliphatic carbocycles. The van der Waals surface area contributed by atoms with Gasteiger partial charge in [-0.3, -0.25) is 0 Å². The zero-order chi connectivity index (χ0) is 16.2. The Kier molecular flexibility index (Phi) is 5.61. The van der Waals surface area contributed by atoms with Crippen LogP contribution in [0.3, 0.4) is 0 Å². The molecule has 22 heavy (non-hydrogen) atoms. The highest BCUT2D eigenvalue weighted by Crippen LogP contribution is 2.23. The SMILES string of the molecule is CCCCNc1cc(C)nc(N(CC)C2CCS(=O)(=O)C2)n1. The van der Waals surface area contributed by atoms with E-state index in [1.807, 2.05) is 24.8 Å². The Morgan fingerprint density at radius 2 is 2.14 bits per heavy atom. The second-order valence-corrected chi connectivity index (χ2v) is 8.05. The summed E-state index contributed by atoms with van der Waals surface area (Å²) in [6.45, 7) is 7.70. The molecule has 0 bridgehead atoms. The number of nitrogens with zero attached hydrogens (tertiary/aromatic N) is 3. The highest BCUT2D eigenvalue weighted by molar-refractivity contribution is 7.91. The molecule has 7 heteroatoms. The van der Waals surface area contributed by atoms with Crippen molar-refractivity contribution in [2.45, 2.75) is 46.1 Å². The number of hydrogen-bond donors (Lipinski definition) is 1. The Morgan fingerprint density at radius 3 is 2.73 bits per heavy atom. The van der Waals surface area contributed by atoms with E-state index in [4.69, 9.17) is 0 Å². The fourth-order valence-corrected chi connectivity index (χ4v) is 4.48. The topological polar surface area (TPSA) is 75.2 Å². The largest absolute Gasteiger partial charge is 0.370 e. The zero-order valence-electron chi connectivity index (χ0n) is 13.7. The molecular formula is C15H26N4O2S. The maximum atomic E-state index is 11.7. The lowest BCUT2D eigenvalue weighted by Gasteiger charge is -2.27. The summed E-state index contributed by atoms with van der Waals surface area (Å²) in [5.74, 6) is 1.91. The van der Waals surface area contributed by atoms with Gasteiger partial charge in [0, 0.05) is 30.9 Å². The Bertz CT molecular complexity index is 604. The summed E-state index contributed by atoms with van der Waals surface area (Å²) in [6.07, 6.45) is 2.88. The van der Waals surface area contributed by atoms with E-state index in [9.17, 15) is 8.42 Å². The van der Waals surface area contributed by atoms with E-state index in [-0.39, 0.29) is 17.5 Å². The van der Waals surface area contributed by atoms with E-state index in [1.54, 1.807) is 0 Å². The number of nitrogens with one attached hydrogen (secondary N) is 1. The first-order chi connectivity index (χ1) is 10.4. The molecule has 1 fully saturated rings. The first kappa shape index (κ1) is 17.0. The van der Waals surface area contributed by atoms with Gasteiger partial charge >= 0.3 is 0 Å². The molecule has 6 nitrogen and oxygen atoms in total. The van der Waals surface area contributed by atoms with Crippen molar-refractivity contribution in [3.63, 3.8) is 0 Å². The molecule has 0 spiro atoms. The van der Waals surface area contributed by atoms with Crippen LogP contribution in [0.5, 0.6) is 0 Å². The molecule has 1 aliphatic heterocycles. The normalized spacial score (nSPS) is 20.0. The number of unbranched alkanes of at least 4 members (excludes halogenated alkanes) is 1. The highest BCUT2D eigenvalue weighted by atomic mass is 32.2. The summed E-state index contributed by atoms with van der Waals surface area (Å²) in [6, 6.07) is 1.92. The van der Waals surface area contributed by atoms with Crippen molar-refractivity contribution >= 4 is 21.6 Å². The minimum absolute atomic E-state index is 0.0136. The second-order valence-electron chi connectivity index (χ2n) is 5.82. The lowest BCUT2D eigenvalue weighted by molar-refractivity contribution is 0.599. The van der Waals surface area contributed by atoms with Crippen LogP contribution in [-0.4, -0.2) is 49.0 Å². The number of hydrogen-bond acceptors (Lipinski definition) is 6. The van der Waals surface area contributed by atoms with Gasteiger partial charge in [0.15, 0.2) is 9.84 Å². The summed E-state index contributed by atoms with van der Waals surface area (Å²) in [5, 5.41) is 3.32. The van der Waals surface area contributed by atoms with Gasteiger partial charge in [-0.05, 0) is 26.7 Å². The van der Waals surface area contributed by atoms with Crippen LogP contribution < -0.4 is 10.2 Å². The average molecular weight is 326 g/mol. The minimum atomic E-state index is -2.91. The molecule has 2 rings (SSSR count). The Hall–Kier alpha value is -1.37. The van der Waals surface area contributed by atoms with Crippen molar-refractivity contribution in [2.24, 2.45) is 0 Å². The first-order valence-electron chi connectivity index (χ1n) is 8.01. The molecule has 0 radical (unpaired) electrons. The molecular weight excluding hydrogens is 300 g/mol. The van der Waals surface area contributed by atoms with Gasteiger partial charge < -0.3 is 10.2 Å². The van der Waals surface area contributed by atoms with Crippen LogP contribution in [0.2, 0.25) is 0 Å². The smallest absolute Gasteiger partial charge is 0.227 e. The minimum Gasteiger partial charge on any atom is -0.370 e. The third kappa shape index (κ3) is 4.32. The maximum absolute atomic E-state index is 11.7. The van der Waals surface area contributed by atoms with Crippen molar-refractivity contribution in [2.75, 3.05) is 34.8 Å². The molecule has 1 aromatic rings. The zero-order valence-corrected chi connectivity index (χ0v) is 14.5. The van der Waals surface area contributed by atoms with Gasteiger partial charge in [0.05, 0.1) is 11.5 Å². The van der Waals surface area contributed by atoms with Crippen molar-refractivity contribution < 1.29 is 8.42 Å². The van der Waals surface area contributed by atoms with E-state index in [2.05, 4.69) is 22.2 Å². The Morgan fingerprint density at radius 1 is 1.36 bits per heavy atom. The number of anilines is 2. The molecule has 2 heterocycles. The van der Waals surface area contributed by atoms with Crippen molar-refractivity contribution in [1.82, 2.24) is 9.97 Å². The summed E-state index contributed by atoms with van der Waals surface area (Å²) >= 11 is 0. The maximum Gasteiger partial charge on any atom is 0.227 e. The van der Waals surface area contributed by atoms with Crippen molar-refractivity contribution in [1.29, 1.82) is 0 Å². The molecule has 1 unspecified atom stereocenters. The molecule has 1 saturated heterocycles. The number of sulfone groups is 1. The van der Waals surface area contributed by atoms with E-state index < -0.39 is 9.84 Å². The number of rotatable bonds is 7. The molecule has 1 N–H and O–H groups in total. The van der Waals surface area contributed by atoms with Gasteiger partial charge in [-0.25, -0.2) is 13.4 Å². The van der Waals surface area contributed by atoms with Crippen molar-refractivity contribution in [3.05, 3.63) is 11.8 Å². The third-order valence-electron chi connectivity index (χ3n) is 3.93. The Balaban J connectivity index is 2.18. The summed E-state index contributed by atoms with van der Waals surface area (Å²) < 4.78 is 23.4. The Labute approximate surface area is 133 Å². The first-order valence-corrected chi connectivity index (χ1v) is 9.84. The van der Waals surface area contributed by atoms with E-state index in [0.29, 0.717) is 18.9 Å². The third-order valence-corrected chi connectivity index (χ3v) is 5.68. The molecule has 124 valence electrons. The molecule has 0 amide bonds. The van der Waals surface area contributed by atoms with Gasteiger partial charge in [0.25, 0.3) is 0 Å². The highest BCUT2D eigenvalue weighted by Gasteiger charge is 2.33. The molecule has 1 aromatic heterocycles. The van der Waals surface area contributed by atoms with Crippen LogP contribution in [0, 0.1) is 6.92 Å². The van der Waals surface area contributed by atoms with Crippen LogP contribution in [0.25, 0.3) is 0 Å². The van der Waals surface area contributed by atoms with E-state index in [0.717, 1.165) is 30.9 Å². The van der Waals surface area contributed by atoms with Crippen LogP contribution in [-0.2, 0) is 9.84 Å². The second kappa shape index (κ2) is 7.26. The molecule has 0 saturated carbocycles. The van der Waals surface area contributed by atoms with Gasteiger partial charge in [-0.1, -0.05) is 13.3 Å². The number of aryl methyl sites for hydroxylation is 1. The molecule has 1 aliphatic rings. The van der Waals surface area contributed by atoms with E-state index in [1.165, 1.54) is 0 Å². The van der Waals surface area contributed by atoms with Crippen LogP contribution in [0.1, 0.15) is 38.8 Å². The predicted octanol–water partition coefficient (Wildman–Crippen LogP) is 2.01. The molecule has 0 aromatic carbocycles. The van der Waals surface area contributed by atoms with Gasteiger partial charge in [0.2, 0.25) is 5.95 Å². The van der Waals surface area contributed by atoms with Gasteiger partial charge in [-0.15, -0.1) is 0 Å². The van der Waals surface area contributed by atoms with Crippen LogP contribution in [0.4, 0.5) is 11.8 Å². The lowest BCUT2D eigenvalue weighted by atomic mass is 10.2. The standard InChI is InChI=1S/C15H26N4O2S/c1-4-6-8-16-14-10-12(3)17-15(18-14)19(5-2)13-7-9-22(20,21)11-13/h10,13H,4-9,11H2,1-3H3,(H,16,17,18). The summed E-state index contributed by atoms with van der Waals surface area (Å²) in [4.78, 5) is 11.1. The van der Waals surface area contributed by atoms with E-state index >= 15 is 0 Å².